The van der Waals surface area contributed by atoms with E-state index in [2.05, 4.69) is 37.9 Å². The normalized spacial score (nSPS) is 25.9. The molecule has 3 fully saturated rings. The highest BCUT2D eigenvalue weighted by atomic mass is 127. The number of halogens is 4. The first-order valence-electron chi connectivity index (χ1n) is 15.3. The smallest absolute Gasteiger partial charge is 0.353 e. The van der Waals surface area contributed by atoms with Gasteiger partial charge in [0, 0.05) is 28.6 Å². The minimum absolute atomic E-state index is 0.0176. The summed E-state index contributed by atoms with van der Waals surface area (Å²) in [6, 6.07) is 9.92. The first kappa shape index (κ1) is 33.9. The number of nitrogens with one attached hydrogen (secondary N) is 1. The number of rotatable bonds is 9. The van der Waals surface area contributed by atoms with E-state index >= 15 is 0 Å². The van der Waals surface area contributed by atoms with Gasteiger partial charge in [-0.1, -0.05) is 35.3 Å². The van der Waals surface area contributed by atoms with Crippen LogP contribution in [0.25, 0.3) is 0 Å². The standard InChI is InChI=1S/C33H26Cl2FIN8O5/c1-31(10-16-2-4-17(12-38)5-3-16)29(50)44(19-8-20(34)24(36)21(35)9-19)30-43(15-22(25(46)47)45(30)31)23-11-33(23,26(39)48)28(49)42-32(6-7-32)27-40-13-18(37)14-41-27/h2-5,8-9,13-15,23,30H,6-7,10-11H2,1H3,(H2,39,48)(H,42,49)(H,46,47)/t23?,30?,31-,33?/m1/s1. The molecule has 0 radical (unpaired) electrons. The monoisotopic (exact) mass is 830 g/mol. The van der Waals surface area contributed by atoms with Crippen LogP contribution in [0.2, 0.25) is 10.0 Å². The summed E-state index contributed by atoms with van der Waals surface area (Å²) in [7, 11) is 0. The zero-order chi connectivity index (χ0) is 35.9. The fraction of sp³-hybridized carbons (Fsp3) is 0.303. The van der Waals surface area contributed by atoms with Crippen molar-refractivity contribution in [1.29, 1.82) is 5.26 Å². The van der Waals surface area contributed by atoms with Gasteiger partial charge in [-0.2, -0.15) is 5.26 Å². The van der Waals surface area contributed by atoms with Gasteiger partial charge in [0.2, 0.25) is 11.8 Å². The van der Waals surface area contributed by atoms with Gasteiger partial charge in [0.1, 0.15) is 16.7 Å². The Morgan fingerprint density at radius 3 is 2.32 bits per heavy atom. The Morgan fingerprint density at radius 2 is 1.78 bits per heavy atom. The number of primary amides is 1. The molecule has 4 N–H and O–H groups in total. The Labute approximate surface area is 308 Å². The van der Waals surface area contributed by atoms with Crippen molar-refractivity contribution in [2.45, 2.75) is 56.0 Å². The largest absolute Gasteiger partial charge is 0.477 e. The van der Waals surface area contributed by atoms with E-state index in [1.165, 1.54) is 33.0 Å². The number of carboxylic acids is 1. The molecule has 4 aliphatic rings. The van der Waals surface area contributed by atoms with Gasteiger partial charge in [0.05, 0.1) is 38.9 Å². The lowest BCUT2D eigenvalue weighted by atomic mass is 9.90. The number of nitriles is 1. The van der Waals surface area contributed by atoms with Gasteiger partial charge in [0.15, 0.2) is 17.9 Å². The van der Waals surface area contributed by atoms with Crippen molar-refractivity contribution < 1.29 is 28.7 Å². The SMILES string of the molecule is C[C@@]1(Cc2ccc(C#N)cc2)C(=O)N(c2cc(Cl)c(F)c(Cl)c2)C2N(C3CC3(C(N)=O)C(=O)NC3(c4ncc(I)cn4)CC3)C=C(C(=O)O)N21. The van der Waals surface area contributed by atoms with E-state index < -0.39 is 58.3 Å². The van der Waals surface area contributed by atoms with Crippen LogP contribution in [0, 0.1) is 26.1 Å². The van der Waals surface area contributed by atoms with Crippen LogP contribution in [0.1, 0.15) is 43.1 Å². The van der Waals surface area contributed by atoms with Gasteiger partial charge in [-0.15, -0.1) is 0 Å². The Balaban J connectivity index is 1.30. The molecule has 3 aromatic rings. The number of benzene rings is 2. The van der Waals surface area contributed by atoms with Crippen LogP contribution in [0.5, 0.6) is 0 Å². The molecule has 3 heterocycles. The number of aliphatic carboxylic acids is 1. The average Bonchev–Trinajstić information content (AvgIpc) is 3.98. The fourth-order valence-electron chi connectivity index (χ4n) is 7.01. The minimum Gasteiger partial charge on any atom is -0.477 e. The van der Waals surface area contributed by atoms with Gasteiger partial charge in [-0.3, -0.25) is 19.3 Å². The molecule has 3 unspecified atom stereocenters. The number of fused-ring (bicyclic) bond motifs is 1. The molecule has 0 bridgehead atoms. The molecule has 13 nitrogen and oxygen atoms in total. The molecule has 2 aromatic carbocycles. The number of nitrogens with zero attached hydrogens (tertiary/aromatic N) is 6. The third kappa shape index (κ3) is 5.14. The predicted molar refractivity (Wildman–Crippen MR) is 184 cm³/mol. The van der Waals surface area contributed by atoms with E-state index in [9.17, 15) is 33.9 Å². The highest BCUT2D eigenvalue weighted by Gasteiger charge is 2.73. The maximum absolute atomic E-state index is 14.7. The van der Waals surface area contributed by atoms with Crippen LogP contribution in [0.4, 0.5) is 10.1 Å². The quantitative estimate of drug-likeness (QED) is 0.164. The average molecular weight is 831 g/mol. The van der Waals surface area contributed by atoms with Crippen molar-refractivity contribution in [3.05, 3.63) is 97.1 Å². The third-order valence-corrected chi connectivity index (χ3v) is 11.0. The van der Waals surface area contributed by atoms with Crippen molar-refractivity contribution in [2.75, 3.05) is 4.90 Å². The number of aromatic nitrogens is 2. The first-order valence-corrected chi connectivity index (χ1v) is 17.1. The van der Waals surface area contributed by atoms with Gasteiger partial charge in [-0.05, 0) is 78.6 Å². The number of hydrogen-bond donors (Lipinski definition) is 3. The van der Waals surface area contributed by atoms with E-state index in [0.29, 0.717) is 29.8 Å². The van der Waals surface area contributed by atoms with E-state index in [1.807, 2.05) is 6.07 Å². The maximum atomic E-state index is 14.7. The summed E-state index contributed by atoms with van der Waals surface area (Å²) >= 11 is 14.4. The summed E-state index contributed by atoms with van der Waals surface area (Å²) in [4.78, 5) is 67.7. The second-order valence-electron chi connectivity index (χ2n) is 13.0. The number of nitrogens with two attached hydrogens (primary N) is 1. The fourth-order valence-corrected chi connectivity index (χ4v) is 7.76. The molecule has 2 aliphatic carbocycles. The molecule has 2 saturated carbocycles. The molecule has 4 atom stereocenters. The van der Waals surface area contributed by atoms with Crippen molar-refractivity contribution >= 4 is 75.2 Å². The molecule has 17 heteroatoms. The second kappa shape index (κ2) is 11.8. The molecule has 50 heavy (non-hydrogen) atoms. The Morgan fingerprint density at radius 1 is 1.16 bits per heavy atom. The summed E-state index contributed by atoms with van der Waals surface area (Å²) < 4.78 is 15.4. The number of anilines is 1. The number of carboxylic acid groups (broad SMARTS) is 1. The van der Waals surface area contributed by atoms with Gasteiger partial charge < -0.3 is 26.0 Å². The van der Waals surface area contributed by atoms with Crippen molar-refractivity contribution in [3.8, 4) is 6.07 Å². The number of hydrogen-bond acceptors (Lipinski definition) is 9. The van der Waals surface area contributed by atoms with Gasteiger partial charge >= 0.3 is 5.97 Å². The molecular formula is C33H26Cl2FIN8O5. The van der Waals surface area contributed by atoms with Crippen LogP contribution in [0.15, 0.2) is 60.7 Å². The summed E-state index contributed by atoms with van der Waals surface area (Å²) in [5.74, 6) is -4.11. The topological polar surface area (TPSA) is 186 Å². The molecule has 1 saturated heterocycles. The molecule has 2 aliphatic heterocycles. The van der Waals surface area contributed by atoms with Crippen LogP contribution < -0.4 is 16.0 Å². The number of amides is 3. The summed E-state index contributed by atoms with van der Waals surface area (Å²) in [6.07, 6.45) is 4.21. The summed E-state index contributed by atoms with van der Waals surface area (Å²) in [6.45, 7) is 1.56. The van der Waals surface area contributed by atoms with Crippen LogP contribution >= 0.6 is 45.8 Å². The summed E-state index contributed by atoms with van der Waals surface area (Å²) in [5, 5.41) is 21.9. The molecule has 0 spiro atoms. The maximum Gasteiger partial charge on any atom is 0.353 e. The third-order valence-electron chi connectivity index (χ3n) is 9.85. The number of carbonyl (C=O) groups excluding carboxylic acids is 3. The van der Waals surface area contributed by atoms with E-state index in [-0.39, 0.29) is 34.3 Å². The van der Waals surface area contributed by atoms with Gasteiger partial charge in [0.25, 0.3) is 5.91 Å². The zero-order valence-corrected chi connectivity index (χ0v) is 29.7. The Kier molecular flexibility index (Phi) is 8.00. The second-order valence-corrected chi connectivity index (χ2v) is 15.0. The number of carbonyl (C=O) groups is 4. The Bertz CT molecular complexity index is 2050. The highest BCUT2D eigenvalue weighted by Crippen LogP contribution is 2.57. The van der Waals surface area contributed by atoms with E-state index in [4.69, 9.17) is 28.9 Å². The summed E-state index contributed by atoms with van der Waals surface area (Å²) in [5.41, 5.74) is 2.41. The van der Waals surface area contributed by atoms with Crippen molar-refractivity contribution in [2.24, 2.45) is 11.1 Å². The minimum atomic E-state index is -1.81. The molecule has 256 valence electrons. The molecular weight excluding hydrogens is 805 g/mol. The molecule has 1 aromatic heterocycles. The first-order chi connectivity index (χ1) is 23.7. The van der Waals surface area contributed by atoms with E-state index in [0.717, 1.165) is 3.57 Å². The van der Waals surface area contributed by atoms with Crippen LogP contribution in [-0.2, 0) is 31.1 Å². The zero-order valence-electron chi connectivity index (χ0n) is 26.0. The van der Waals surface area contributed by atoms with Crippen molar-refractivity contribution in [1.82, 2.24) is 25.1 Å². The van der Waals surface area contributed by atoms with Crippen molar-refractivity contribution in [3.63, 3.8) is 0 Å². The lowest BCUT2D eigenvalue weighted by Gasteiger charge is -2.37. The van der Waals surface area contributed by atoms with Crippen LogP contribution in [-0.4, -0.2) is 66.4 Å². The van der Waals surface area contributed by atoms with Gasteiger partial charge in [-0.25, -0.2) is 19.2 Å². The predicted octanol–water partition coefficient (Wildman–Crippen LogP) is 3.62. The molecule has 3 amide bonds. The van der Waals surface area contributed by atoms with E-state index in [1.54, 1.807) is 43.6 Å². The Hall–Kier alpha value is -4.53. The highest BCUT2D eigenvalue weighted by molar-refractivity contribution is 14.1. The van der Waals surface area contributed by atoms with Crippen LogP contribution in [0.3, 0.4) is 0 Å². The lowest BCUT2D eigenvalue weighted by molar-refractivity contribution is -0.138. The molecule has 7 rings (SSSR count). The lowest BCUT2D eigenvalue weighted by Crippen LogP contribution is -2.54.